The van der Waals surface area contributed by atoms with Crippen LogP contribution < -0.4 is 4.74 Å². The number of aryl methyl sites for hydroxylation is 1. The van der Waals surface area contributed by atoms with Crippen molar-refractivity contribution in [3.63, 3.8) is 0 Å². The second-order valence-corrected chi connectivity index (χ2v) is 1.56. The smallest absolute Gasteiger partial charge is 0.314 e. The van der Waals surface area contributed by atoms with E-state index in [1.165, 1.54) is 6.33 Å². The van der Waals surface area contributed by atoms with E-state index in [1.807, 2.05) is 6.92 Å². The van der Waals surface area contributed by atoms with Gasteiger partial charge in [-0.15, -0.1) is 0 Å². The zero-order valence-corrected chi connectivity index (χ0v) is 5.53. The minimum atomic E-state index is 0.567. The van der Waals surface area contributed by atoms with Crippen molar-refractivity contribution in [1.82, 2.24) is 14.8 Å². The molecular weight excluding hydrogens is 118 g/mol. The third-order valence-electron chi connectivity index (χ3n) is 1.06. The molecule has 1 rings (SSSR count). The van der Waals surface area contributed by atoms with Crippen LogP contribution in [-0.4, -0.2) is 21.9 Å². The van der Waals surface area contributed by atoms with Gasteiger partial charge in [0.2, 0.25) is 0 Å². The molecular formula is C5H9N3O. The number of nitrogens with zero attached hydrogens (tertiary/aromatic N) is 3. The topological polar surface area (TPSA) is 39.9 Å². The molecule has 9 heavy (non-hydrogen) atoms. The predicted octanol–water partition coefficient (Wildman–Crippen LogP) is 0.307. The molecule has 0 fully saturated rings. The summed E-state index contributed by atoms with van der Waals surface area (Å²) in [4.78, 5) is 3.84. The number of methoxy groups -OCH3 is 1. The summed E-state index contributed by atoms with van der Waals surface area (Å²) in [5.41, 5.74) is 0. The lowest BCUT2D eigenvalue weighted by molar-refractivity contribution is 0.350. The molecule has 0 aromatic carbocycles. The number of hydrogen-bond acceptors (Lipinski definition) is 3. The average molecular weight is 127 g/mol. The Hall–Kier alpha value is -1.06. The number of rotatable bonds is 2. The van der Waals surface area contributed by atoms with E-state index in [2.05, 4.69) is 10.1 Å². The molecule has 0 radical (unpaired) electrons. The van der Waals surface area contributed by atoms with Crippen LogP contribution in [0, 0.1) is 0 Å². The fourth-order valence-electron chi connectivity index (χ4n) is 0.629. The second-order valence-electron chi connectivity index (χ2n) is 1.56. The van der Waals surface area contributed by atoms with Crippen molar-refractivity contribution in [3.05, 3.63) is 6.33 Å². The van der Waals surface area contributed by atoms with Gasteiger partial charge < -0.3 is 4.74 Å². The highest BCUT2D eigenvalue weighted by atomic mass is 16.5. The number of aromatic nitrogens is 3. The Labute approximate surface area is 53.5 Å². The summed E-state index contributed by atoms with van der Waals surface area (Å²) in [6.07, 6.45) is 1.47. The zero-order valence-electron chi connectivity index (χ0n) is 5.53. The molecule has 0 saturated carbocycles. The summed E-state index contributed by atoms with van der Waals surface area (Å²) in [7, 11) is 1.58. The minimum Gasteiger partial charge on any atom is -0.467 e. The van der Waals surface area contributed by atoms with Gasteiger partial charge in [0.15, 0.2) is 0 Å². The highest BCUT2D eigenvalue weighted by molar-refractivity contribution is 4.89. The van der Waals surface area contributed by atoms with Crippen molar-refractivity contribution in [2.24, 2.45) is 0 Å². The van der Waals surface area contributed by atoms with Crippen LogP contribution in [-0.2, 0) is 6.54 Å². The van der Waals surface area contributed by atoms with Gasteiger partial charge in [0.05, 0.1) is 7.11 Å². The van der Waals surface area contributed by atoms with Crippen molar-refractivity contribution < 1.29 is 4.74 Å². The fourth-order valence-corrected chi connectivity index (χ4v) is 0.629. The van der Waals surface area contributed by atoms with Crippen LogP contribution in [0.2, 0.25) is 0 Å². The molecule has 1 aromatic rings. The van der Waals surface area contributed by atoms with E-state index >= 15 is 0 Å². The highest BCUT2D eigenvalue weighted by Crippen LogP contribution is 2.00. The van der Waals surface area contributed by atoms with E-state index in [0.717, 1.165) is 6.54 Å². The van der Waals surface area contributed by atoms with Crippen molar-refractivity contribution >= 4 is 0 Å². The lowest BCUT2D eigenvalue weighted by Crippen LogP contribution is -1.99. The molecule has 0 atom stereocenters. The lowest BCUT2D eigenvalue weighted by atomic mass is 10.8. The Morgan fingerprint density at radius 3 is 3.00 bits per heavy atom. The Morgan fingerprint density at radius 1 is 1.78 bits per heavy atom. The molecule has 4 nitrogen and oxygen atoms in total. The van der Waals surface area contributed by atoms with Crippen LogP contribution in [0.25, 0.3) is 0 Å². The van der Waals surface area contributed by atoms with Crippen molar-refractivity contribution in [1.29, 1.82) is 0 Å². The van der Waals surface area contributed by atoms with E-state index in [-0.39, 0.29) is 0 Å². The van der Waals surface area contributed by atoms with Gasteiger partial charge in [-0.25, -0.2) is 4.68 Å². The largest absolute Gasteiger partial charge is 0.467 e. The minimum absolute atomic E-state index is 0.567. The summed E-state index contributed by atoms with van der Waals surface area (Å²) in [6.45, 7) is 2.78. The highest BCUT2D eigenvalue weighted by Gasteiger charge is 1.97. The van der Waals surface area contributed by atoms with Crippen LogP contribution in [0.1, 0.15) is 6.92 Å². The molecule has 4 heteroatoms. The van der Waals surface area contributed by atoms with E-state index in [4.69, 9.17) is 4.74 Å². The Kier molecular flexibility index (Phi) is 1.67. The van der Waals surface area contributed by atoms with Gasteiger partial charge in [-0.3, -0.25) is 0 Å². The summed E-state index contributed by atoms with van der Waals surface area (Å²) in [5.74, 6) is 0. The quantitative estimate of drug-likeness (QED) is 0.574. The van der Waals surface area contributed by atoms with Crippen LogP contribution in [0.5, 0.6) is 6.01 Å². The van der Waals surface area contributed by atoms with Crippen LogP contribution >= 0.6 is 0 Å². The zero-order chi connectivity index (χ0) is 6.69. The van der Waals surface area contributed by atoms with Crippen molar-refractivity contribution in [3.8, 4) is 6.01 Å². The average Bonchev–Trinajstić information content (AvgIpc) is 2.33. The fraction of sp³-hybridized carbons (Fsp3) is 0.600. The predicted molar refractivity (Wildman–Crippen MR) is 32.2 cm³/mol. The monoisotopic (exact) mass is 127 g/mol. The van der Waals surface area contributed by atoms with Gasteiger partial charge in [0.1, 0.15) is 6.33 Å². The molecule has 0 spiro atoms. The first-order valence-electron chi connectivity index (χ1n) is 2.80. The van der Waals surface area contributed by atoms with E-state index < -0.39 is 0 Å². The molecule has 50 valence electrons. The first-order valence-corrected chi connectivity index (χ1v) is 2.80. The van der Waals surface area contributed by atoms with Crippen LogP contribution in [0.15, 0.2) is 6.33 Å². The molecule has 0 N–H and O–H groups in total. The van der Waals surface area contributed by atoms with Crippen molar-refractivity contribution in [2.75, 3.05) is 7.11 Å². The number of ether oxygens (including phenoxy) is 1. The van der Waals surface area contributed by atoms with E-state index in [0.29, 0.717) is 6.01 Å². The lowest BCUT2D eigenvalue weighted by Gasteiger charge is -1.97. The molecule has 1 heterocycles. The third-order valence-corrected chi connectivity index (χ3v) is 1.06. The maximum absolute atomic E-state index is 4.87. The maximum Gasteiger partial charge on any atom is 0.314 e. The molecule has 0 aliphatic rings. The molecule has 0 unspecified atom stereocenters. The normalized spacial score (nSPS) is 9.56. The number of hydrogen-bond donors (Lipinski definition) is 0. The second kappa shape index (κ2) is 2.48. The van der Waals surface area contributed by atoms with Gasteiger partial charge in [0, 0.05) is 6.54 Å². The SMILES string of the molecule is CCn1ncnc1OC. The molecule has 0 bridgehead atoms. The standard InChI is InChI=1S/C5H9N3O/c1-3-8-5(9-2)6-4-7-8/h4H,3H2,1-2H3. The van der Waals surface area contributed by atoms with Crippen LogP contribution in [0.4, 0.5) is 0 Å². The summed E-state index contributed by atoms with van der Waals surface area (Å²) >= 11 is 0. The van der Waals surface area contributed by atoms with Gasteiger partial charge in [-0.05, 0) is 6.92 Å². The third kappa shape index (κ3) is 1.01. The van der Waals surface area contributed by atoms with Gasteiger partial charge in [0.25, 0.3) is 0 Å². The Balaban J connectivity index is 2.85. The van der Waals surface area contributed by atoms with Gasteiger partial charge >= 0.3 is 6.01 Å². The molecule has 0 aliphatic carbocycles. The first kappa shape index (κ1) is 6.07. The molecule has 0 saturated heterocycles. The van der Waals surface area contributed by atoms with Crippen LogP contribution in [0.3, 0.4) is 0 Å². The summed E-state index contributed by atoms with van der Waals surface area (Å²) in [6, 6.07) is 0.567. The van der Waals surface area contributed by atoms with Gasteiger partial charge in [-0.1, -0.05) is 0 Å². The van der Waals surface area contributed by atoms with E-state index in [9.17, 15) is 0 Å². The summed E-state index contributed by atoms with van der Waals surface area (Å²) in [5, 5.41) is 3.89. The summed E-state index contributed by atoms with van der Waals surface area (Å²) < 4.78 is 6.55. The molecule has 0 aliphatic heterocycles. The Bertz CT molecular complexity index is 166. The first-order chi connectivity index (χ1) is 4.38. The van der Waals surface area contributed by atoms with E-state index in [1.54, 1.807) is 11.8 Å². The maximum atomic E-state index is 4.87. The van der Waals surface area contributed by atoms with Gasteiger partial charge in [-0.2, -0.15) is 10.1 Å². The van der Waals surface area contributed by atoms with Crippen molar-refractivity contribution in [2.45, 2.75) is 13.5 Å². The molecule has 1 aromatic heterocycles. The Morgan fingerprint density at radius 2 is 2.56 bits per heavy atom. The molecule has 0 amide bonds.